The summed E-state index contributed by atoms with van der Waals surface area (Å²) in [5.74, 6) is 0. The Morgan fingerprint density at radius 3 is 2.71 bits per heavy atom. The van der Waals surface area contributed by atoms with Crippen LogP contribution in [0.15, 0.2) is 20.8 Å². The first kappa shape index (κ1) is 14.8. The summed E-state index contributed by atoms with van der Waals surface area (Å²) in [6.45, 7) is 5.17. The summed E-state index contributed by atoms with van der Waals surface area (Å²) in [5, 5.41) is 8.87. The van der Waals surface area contributed by atoms with Gasteiger partial charge in [0, 0.05) is 13.1 Å². The number of aromatic nitrogens is 1. The Labute approximate surface area is 113 Å². The van der Waals surface area contributed by atoms with Crippen LogP contribution < -0.4 is 0 Å². The number of nitrogens with zero attached hydrogens (tertiary/aromatic N) is 2. The minimum absolute atomic E-state index is 0.0252. The van der Waals surface area contributed by atoms with E-state index >= 15 is 0 Å². The Morgan fingerprint density at radius 1 is 1.65 bits per heavy atom. The van der Waals surface area contributed by atoms with Crippen LogP contribution >= 0.6 is 27.3 Å². The van der Waals surface area contributed by atoms with Gasteiger partial charge in [0.25, 0.3) is 10.0 Å². The van der Waals surface area contributed by atoms with Gasteiger partial charge in [0.05, 0.1) is 16.1 Å². The average Bonchev–Trinajstić information content (AvgIpc) is 2.59. The Bertz CT molecular complexity index is 479. The number of aliphatic hydroxyl groups excluding tert-OH is 1. The van der Waals surface area contributed by atoms with Crippen molar-refractivity contribution in [2.24, 2.45) is 0 Å². The maximum absolute atomic E-state index is 12.2. The molecule has 0 spiro atoms. The normalized spacial score (nSPS) is 12.0. The number of hydrogen-bond donors (Lipinski definition) is 1. The van der Waals surface area contributed by atoms with Crippen molar-refractivity contribution in [1.29, 1.82) is 0 Å². The molecule has 0 bridgehead atoms. The highest BCUT2D eigenvalue weighted by atomic mass is 79.9. The minimum atomic E-state index is -3.65. The first-order chi connectivity index (χ1) is 7.93. The zero-order valence-electron chi connectivity index (χ0n) is 9.26. The van der Waals surface area contributed by atoms with Gasteiger partial charge in [-0.2, -0.15) is 4.31 Å². The van der Waals surface area contributed by atoms with E-state index in [4.69, 9.17) is 5.11 Å². The lowest BCUT2D eigenvalue weighted by molar-refractivity contribution is 0.260. The number of halogens is 1. The molecule has 17 heavy (non-hydrogen) atoms. The molecule has 1 rings (SSSR count). The molecule has 1 heterocycles. The number of aliphatic hydroxyl groups is 1. The molecule has 0 saturated carbocycles. The van der Waals surface area contributed by atoms with E-state index < -0.39 is 10.0 Å². The van der Waals surface area contributed by atoms with Gasteiger partial charge in [-0.15, -0.1) is 6.58 Å². The molecule has 1 aromatic rings. The Hall–Kier alpha value is -0.280. The molecule has 1 aromatic heterocycles. The standard InChI is InChI=1S/C9H13BrN2O3S2/c1-3-4-12(5-6-13)17(14,15)9-11-7(2)8(10)16-9/h3,13H,1,4-6H2,2H3. The molecule has 0 unspecified atom stereocenters. The summed E-state index contributed by atoms with van der Waals surface area (Å²) >= 11 is 4.30. The lowest BCUT2D eigenvalue weighted by atomic mass is 10.6. The minimum Gasteiger partial charge on any atom is -0.395 e. The first-order valence-electron chi connectivity index (χ1n) is 4.78. The second-order valence-electron chi connectivity index (χ2n) is 3.21. The van der Waals surface area contributed by atoms with E-state index in [9.17, 15) is 8.42 Å². The number of sulfonamides is 1. The van der Waals surface area contributed by atoms with E-state index in [0.29, 0.717) is 9.48 Å². The van der Waals surface area contributed by atoms with Gasteiger partial charge in [0.2, 0.25) is 4.34 Å². The second-order valence-corrected chi connectivity index (χ2v) is 7.64. The topological polar surface area (TPSA) is 70.5 Å². The van der Waals surface area contributed by atoms with Crippen molar-refractivity contribution in [2.45, 2.75) is 11.3 Å². The molecule has 0 aliphatic rings. The third-order valence-electron chi connectivity index (χ3n) is 1.96. The van der Waals surface area contributed by atoms with Crippen molar-refractivity contribution >= 4 is 37.3 Å². The van der Waals surface area contributed by atoms with Crippen molar-refractivity contribution in [2.75, 3.05) is 19.7 Å². The fourth-order valence-electron chi connectivity index (χ4n) is 1.14. The van der Waals surface area contributed by atoms with Crippen molar-refractivity contribution in [3.63, 3.8) is 0 Å². The van der Waals surface area contributed by atoms with E-state index in [2.05, 4.69) is 27.5 Å². The zero-order chi connectivity index (χ0) is 13.1. The molecule has 0 radical (unpaired) electrons. The molecular weight excluding hydrogens is 328 g/mol. The zero-order valence-corrected chi connectivity index (χ0v) is 12.5. The first-order valence-corrected chi connectivity index (χ1v) is 7.83. The molecular formula is C9H13BrN2O3S2. The highest BCUT2D eigenvalue weighted by Gasteiger charge is 2.27. The fourth-order valence-corrected chi connectivity index (χ4v) is 4.62. The highest BCUT2D eigenvalue weighted by Crippen LogP contribution is 2.28. The van der Waals surface area contributed by atoms with E-state index in [1.807, 2.05) is 0 Å². The Morgan fingerprint density at radius 2 is 2.29 bits per heavy atom. The van der Waals surface area contributed by atoms with Crippen molar-refractivity contribution in [1.82, 2.24) is 9.29 Å². The molecule has 0 saturated heterocycles. The molecule has 0 amide bonds. The van der Waals surface area contributed by atoms with Crippen LogP contribution in [0, 0.1) is 6.92 Å². The van der Waals surface area contributed by atoms with Crippen molar-refractivity contribution in [3.8, 4) is 0 Å². The lowest BCUT2D eigenvalue weighted by Crippen LogP contribution is -2.33. The largest absolute Gasteiger partial charge is 0.395 e. The van der Waals surface area contributed by atoms with Crippen molar-refractivity contribution < 1.29 is 13.5 Å². The quantitative estimate of drug-likeness (QED) is 0.794. The molecule has 8 heteroatoms. The maximum atomic E-state index is 12.2. The number of thiazole rings is 1. The molecule has 0 atom stereocenters. The molecule has 0 aliphatic carbocycles. The summed E-state index contributed by atoms with van der Waals surface area (Å²) in [7, 11) is -3.65. The fraction of sp³-hybridized carbons (Fsp3) is 0.444. The van der Waals surface area contributed by atoms with Crippen molar-refractivity contribution in [3.05, 3.63) is 22.1 Å². The molecule has 0 fully saturated rings. The Kier molecular flexibility index (Phi) is 5.26. The summed E-state index contributed by atoms with van der Waals surface area (Å²) in [4.78, 5) is 3.99. The monoisotopic (exact) mass is 340 g/mol. The summed E-state index contributed by atoms with van der Waals surface area (Å²) in [6, 6.07) is 0. The number of rotatable bonds is 6. The van der Waals surface area contributed by atoms with Gasteiger partial charge in [0.1, 0.15) is 0 Å². The van der Waals surface area contributed by atoms with Crippen LogP contribution in [0.1, 0.15) is 5.69 Å². The predicted octanol–water partition coefficient (Wildman–Crippen LogP) is 1.38. The van der Waals surface area contributed by atoms with Crippen LogP contribution in [0.25, 0.3) is 0 Å². The van der Waals surface area contributed by atoms with E-state index in [0.717, 1.165) is 15.6 Å². The van der Waals surface area contributed by atoms with Gasteiger partial charge in [-0.3, -0.25) is 0 Å². The predicted molar refractivity (Wildman–Crippen MR) is 70.6 cm³/mol. The van der Waals surface area contributed by atoms with Gasteiger partial charge in [-0.05, 0) is 22.9 Å². The SMILES string of the molecule is C=CCN(CCO)S(=O)(=O)c1nc(C)c(Br)s1. The van der Waals surface area contributed by atoms with Gasteiger partial charge >= 0.3 is 0 Å². The van der Waals surface area contributed by atoms with Crippen LogP contribution in [-0.4, -0.2) is 42.5 Å². The van der Waals surface area contributed by atoms with Crippen LogP contribution in [0.4, 0.5) is 0 Å². The molecule has 96 valence electrons. The average molecular weight is 341 g/mol. The van der Waals surface area contributed by atoms with E-state index in [1.165, 1.54) is 6.08 Å². The maximum Gasteiger partial charge on any atom is 0.270 e. The molecule has 5 nitrogen and oxygen atoms in total. The van der Waals surface area contributed by atoms with Gasteiger partial charge in [-0.25, -0.2) is 13.4 Å². The number of aryl methyl sites for hydroxylation is 1. The van der Waals surface area contributed by atoms with Gasteiger partial charge < -0.3 is 5.11 Å². The van der Waals surface area contributed by atoms with Crippen LogP contribution in [0.2, 0.25) is 0 Å². The smallest absolute Gasteiger partial charge is 0.270 e. The second kappa shape index (κ2) is 6.05. The highest BCUT2D eigenvalue weighted by molar-refractivity contribution is 9.11. The summed E-state index contributed by atoms with van der Waals surface area (Å²) < 4.78 is 26.2. The molecule has 1 N–H and O–H groups in total. The third kappa shape index (κ3) is 3.35. The molecule has 0 aromatic carbocycles. The lowest BCUT2D eigenvalue weighted by Gasteiger charge is -2.17. The van der Waals surface area contributed by atoms with Crippen LogP contribution in [0.3, 0.4) is 0 Å². The van der Waals surface area contributed by atoms with Gasteiger partial charge in [0.15, 0.2) is 0 Å². The van der Waals surface area contributed by atoms with Gasteiger partial charge in [-0.1, -0.05) is 17.4 Å². The summed E-state index contributed by atoms with van der Waals surface area (Å²) in [5.41, 5.74) is 0.635. The molecule has 0 aliphatic heterocycles. The summed E-state index contributed by atoms with van der Waals surface area (Å²) in [6.07, 6.45) is 1.47. The van der Waals surface area contributed by atoms with E-state index in [-0.39, 0.29) is 24.0 Å². The van der Waals surface area contributed by atoms with Crippen LogP contribution in [0.5, 0.6) is 0 Å². The van der Waals surface area contributed by atoms with E-state index in [1.54, 1.807) is 6.92 Å². The van der Waals surface area contributed by atoms with Crippen LogP contribution in [-0.2, 0) is 10.0 Å². The third-order valence-corrected chi connectivity index (χ3v) is 6.19. The Balaban J connectivity index is 3.10. The number of hydrogen-bond acceptors (Lipinski definition) is 5.